The topological polar surface area (TPSA) is 25.8 Å². The summed E-state index contributed by atoms with van der Waals surface area (Å²) in [6, 6.07) is 1.91. The third kappa shape index (κ3) is 3.16. The SMILES string of the molecule is CC(C)(C)Cc1nc(Cl)cc(C2CC2)n1. The van der Waals surface area contributed by atoms with Crippen LogP contribution >= 0.6 is 11.6 Å². The van der Waals surface area contributed by atoms with Gasteiger partial charge in [0.2, 0.25) is 0 Å². The highest BCUT2D eigenvalue weighted by Gasteiger charge is 2.26. The molecule has 2 nitrogen and oxygen atoms in total. The number of nitrogens with zero attached hydrogens (tertiary/aromatic N) is 2. The Hall–Kier alpha value is -0.630. The molecule has 15 heavy (non-hydrogen) atoms. The van der Waals surface area contributed by atoms with Crippen molar-refractivity contribution in [1.29, 1.82) is 0 Å². The van der Waals surface area contributed by atoms with Gasteiger partial charge in [0.15, 0.2) is 0 Å². The van der Waals surface area contributed by atoms with Gasteiger partial charge in [-0.25, -0.2) is 9.97 Å². The lowest BCUT2D eigenvalue weighted by atomic mass is 9.92. The van der Waals surface area contributed by atoms with Gasteiger partial charge in [-0.1, -0.05) is 32.4 Å². The molecular weight excluding hydrogens is 208 g/mol. The van der Waals surface area contributed by atoms with Crippen LogP contribution in [0.5, 0.6) is 0 Å². The lowest BCUT2D eigenvalue weighted by Crippen LogP contribution is -2.12. The molecule has 1 aliphatic rings. The van der Waals surface area contributed by atoms with Gasteiger partial charge in [-0.2, -0.15) is 0 Å². The average Bonchev–Trinajstić information content (AvgIpc) is 2.80. The van der Waals surface area contributed by atoms with E-state index in [1.807, 2.05) is 6.07 Å². The Labute approximate surface area is 96.1 Å². The zero-order valence-corrected chi connectivity index (χ0v) is 10.3. The predicted octanol–water partition coefficient (Wildman–Crippen LogP) is 3.60. The van der Waals surface area contributed by atoms with Gasteiger partial charge in [-0.15, -0.1) is 0 Å². The zero-order valence-electron chi connectivity index (χ0n) is 9.55. The Bertz CT molecular complexity index is 364. The number of halogens is 1. The molecule has 0 atom stereocenters. The van der Waals surface area contributed by atoms with E-state index in [2.05, 4.69) is 30.7 Å². The van der Waals surface area contributed by atoms with Gasteiger partial charge < -0.3 is 0 Å². The minimum atomic E-state index is 0.214. The molecule has 2 rings (SSSR count). The van der Waals surface area contributed by atoms with E-state index in [1.54, 1.807) is 0 Å². The van der Waals surface area contributed by atoms with E-state index in [0.717, 1.165) is 17.9 Å². The fraction of sp³-hybridized carbons (Fsp3) is 0.667. The fourth-order valence-corrected chi connectivity index (χ4v) is 1.83. The molecule has 0 bridgehead atoms. The summed E-state index contributed by atoms with van der Waals surface area (Å²) in [7, 11) is 0. The second-order valence-electron chi connectivity index (χ2n) is 5.54. The van der Waals surface area contributed by atoms with Crippen LogP contribution in [0, 0.1) is 5.41 Å². The standard InChI is InChI=1S/C12H17ClN2/c1-12(2,3)7-11-14-9(8-4-5-8)6-10(13)15-11/h6,8H,4-5,7H2,1-3H3. The van der Waals surface area contributed by atoms with Crippen molar-refractivity contribution in [2.24, 2.45) is 5.41 Å². The summed E-state index contributed by atoms with van der Waals surface area (Å²) in [6.45, 7) is 6.57. The maximum absolute atomic E-state index is 6.00. The summed E-state index contributed by atoms with van der Waals surface area (Å²) < 4.78 is 0. The van der Waals surface area contributed by atoms with E-state index in [4.69, 9.17) is 11.6 Å². The van der Waals surface area contributed by atoms with Crippen LogP contribution in [0.1, 0.15) is 51.0 Å². The van der Waals surface area contributed by atoms with Crippen molar-refractivity contribution in [2.75, 3.05) is 0 Å². The van der Waals surface area contributed by atoms with Crippen molar-refractivity contribution in [3.05, 3.63) is 22.7 Å². The van der Waals surface area contributed by atoms with E-state index < -0.39 is 0 Å². The van der Waals surface area contributed by atoms with Crippen molar-refractivity contribution < 1.29 is 0 Å². The van der Waals surface area contributed by atoms with Crippen molar-refractivity contribution in [1.82, 2.24) is 9.97 Å². The predicted molar refractivity (Wildman–Crippen MR) is 62.2 cm³/mol. The zero-order chi connectivity index (χ0) is 11.1. The largest absolute Gasteiger partial charge is 0.238 e. The lowest BCUT2D eigenvalue weighted by molar-refractivity contribution is 0.400. The van der Waals surface area contributed by atoms with Crippen LogP contribution in [0.3, 0.4) is 0 Å². The summed E-state index contributed by atoms with van der Waals surface area (Å²) in [5.41, 5.74) is 1.35. The van der Waals surface area contributed by atoms with Crippen LogP contribution in [0.4, 0.5) is 0 Å². The lowest BCUT2D eigenvalue weighted by Gasteiger charge is -2.17. The maximum atomic E-state index is 6.00. The Kier molecular flexibility index (Phi) is 2.72. The molecular formula is C12H17ClN2. The van der Waals surface area contributed by atoms with Gasteiger partial charge >= 0.3 is 0 Å². The maximum Gasteiger partial charge on any atom is 0.133 e. The summed E-state index contributed by atoms with van der Waals surface area (Å²) in [4.78, 5) is 8.87. The molecule has 0 aliphatic heterocycles. The van der Waals surface area contributed by atoms with Crippen LogP contribution in [0.15, 0.2) is 6.07 Å². The Morgan fingerprint density at radius 1 is 1.33 bits per heavy atom. The van der Waals surface area contributed by atoms with E-state index in [1.165, 1.54) is 12.8 Å². The number of hydrogen-bond acceptors (Lipinski definition) is 2. The van der Waals surface area contributed by atoms with Crippen molar-refractivity contribution in [3.63, 3.8) is 0 Å². The number of rotatable bonds is 2. The fourth-order valence-electron chi connectivity index (χ4n) is 1.63. The minimum Gasteiger partial charge on any atom is -0.238 e. The Morgan fingerprint density at radius 2 is 2.00 bits per heavy atom. The molecule has 0 spiro atoms. The summed E-state index contributed by atoms with van der Waals surface area (Å²) in [5, 5.41) is 0.589. The quantitative estimate of drug-likeness (QED) is 0.718. The number of aromatic nitrogens is 2. The van der Waals surface area contributed by atoms with Gasteiger partial charge in [-0.3, -0.25) is 0 Å². The minimum absolute atomic E-state index is 0.214. The van der Waals surface area contributed by atoms with Crippen LogP contribution in [0.2, 0.25) is 5.15 Å². The van der Waals surface area contributed by atoms with Crippen molar-refractivity contribution >= 4 is 11.6 Å². The molecule has 1 aliphatic carbocycles. The molecule has 0 radical (unpaired) electrons. The molecule has 1 heterocycles. The first-order valence-electron chi connectivity index (χ1n) is 5.47. The van der Waals surface area contributed by atoms with E-state index in [-0.39, 0.29) is 5.41 Å². The van der Waals surface area contributed by atoms with E-state index in [9.17, 15) is 0 Å². The molecule has 1 aromatic heterocycles. The van der Waals surface area contributed by atoms with E-state index >= 15 is 0 Å². The molecule has 82 valence electrons. The second kappa shape index (κ2) is 3.75. The first-order valence-corrected chi connectivity index (χ1v) is 5.85. The third-order valence-corrected chi connectivity index (χ3v) is 2.64. The van der Waals surface area contributed by atoms with Gasteiger partial charge in [0.1, 0.15) is 11.0 Å². The highest BCUT2D eigenvalue weighted by molar-refractivity contribution is 6.29. The average molecular weight is 225 g/mol. The van der Waals surface area contributed by atoms with Crippen LogP contribution in [-0.4, -0.2) is 9.97 Å². The molecule has 0 amide bonds. The molecule has 0 N–H and O–H groups in total. The van der Waals surface area contributed by atoms with Gasteiger partial charge in [-0.05, 0) is 24.3 Å². The molecule has 0 saturated heterocycles. The van der Waals surface area contributed by atoms with Crippen molar-refractivity contribution in [2.45, 2.75) is 46.0 Å². The van der Waals surface area contributed by atoms with Crippen LogP contribution in [0.25, 0.3) is 0 Å². The van der Waals surface area contributed by atoms with Crippen LogP contribution in [-0.2, 0) is 6.42 Å². The number of hydrogen-bond donors (Lipinski definition) is 0. The van der Waals surface area contributed by atoms with Crippen LogP contribution < -0.4 is 0 Å². The highest BCUT2D eigenvalue weighted by Crippen LogP contribution is 2.39. The molecule has 0 unspecified atom stereocenters. The normalized spacial score (nSPS) is 16.8. The molecule has 0 aromatic carbocycles. The summed E-state index contributed by atoms with van der Waals surface area (Å²) in [5.74, 6) is 1.53. The third-order valence-electron chi connectivity index (χ3n) is 2.45. The summed E-state index contributed by atoms with van der Waals surface area (Å²) in [6.07, 6.45) is 3.39. The second-order valence-corrected chi connectivity index (χ2v) is 5.93. The monoisotopic (exact) mass is 224 g/mol. The van der Waals surface area contributed by atoms with E-state index in [0.29, 0.717) is 11.1 Å². The Morgan fingerprint density at radius 3 is 2.53 bits per heavy atom. The smallest absolute Gasteiger partial charge is 0.133 e. The first kappa shape index (κ1) is 10.9. The van der Waals surface area contributed by atoms with Crippen molar-refractivity contribution in [3.8, 4) is 0 Å². The van der Waals surface area contributed by atoms with Gasteiger partial charge in [0, 0.05) is 18.0 Å². The Balaban J connectivity index is 2.23. The van der Waals surface area contributed by atoms with Gasteiger partial charge in [0.25, 0.3) is 0 Å². The molecule has 3 heteroatoms. The molecule has 1 saturated carbocycles. The first-order chi connectivity index (χ1) is 6.94. The molecule has 1 aromatic rings. The van der Waals surface area contributed by atoms with Gasteiger partial charge in [0.05, 0.1) is 0 Å². The summed E-state index contributed by atoms with van der Waals surface area (Å²) >= 11 is 6.00. The highest BCUT2D eigenvalue weighted by atomic mass is 35.5. The molecule has 1 fully saturated rings.